The highest BCUT2D eigenvalue weighted by Gasteiger charge is 2.19. The monoisotopic (exact) mass is 381 g/mol. The van der Waals surface area contributed by atoms with Gasteiger partial charge in [0.15, 0.2) is 5.69 Å². The lowest BCUT2D eigenvalue weighted by Gasteiger charge is -2.25. The van der Waals surface area contributed by atoms with Gasteiger partial charge in [-0.05, 0) is 24.3 Å². The average molecular weight is 381 g/mol. The molecule has 0 spiro atoms. The molecular weight excluding hydrogens is 362 g/mol. The second kappa shape index (κ2) is 8.28. The summed E-state index contributed by atoms with van der Waals surface area (Å²) in [5.41, 5.74) is 1.00. The minimum atomic E-state index is -0.292. The van der Waals surface area contributed by atoms with Crippen LogP contribution in [0.4, 0.5) is 11.6 Å². The van der Waals surface area contributed by atoms with Gasteiger partial charge in [-0.25, -0.2) is 0 Å². The molecule has 2 heterocycles. The van der Waals surface area contributed by atoms with Gasteiger partial charge in [0.2, 0.25) is 5.88 Å². The molecule has 27 heavy (non-hydrogen) atoms. The van der Waals surface area contributed by atoms with Crippen LogP contribution in [-0.4, -0.2) is 37.4 Å². The van der Waals surface area contributed by atoms with E-state index in [1.807, 2.05) is 59.5 Å². The van der Waals surface area contributed by atoms with E-state index >= 15 is 0 Å². The number of hydrogen-bond donors (Lipinski definition) is 1. The Morgan fingerprint density at radius 1 is 1.04 bits per heavy atom. The molecule has 6 nitrogen and oxygen atoms in total. The summed E-state index contributed by atoms with van der Waals surface area (Å²) < 4.78 is 10.7. The van der Waals surface area contributed by atoms with Gasteiger partial charge >= 0.3 is 0 Å². The highest BCUT2D eigenvalue weighted by atomic mass is 32.2. The number of rotatable bonds is 5. The number of carbonyl (C=O) groups is 1. The Bertz CT molecular complexity index is 908. The number of amides is 1. The van der Waals surface area contributed by atoms with Gasteiger partial charge in [-0.2, -0.15) is 0 Å². The lowest BCUT2D eigenvalue weighted by molar-refractivity contribution is 0.101. The van der Waals surface area contributed by atoms with Gasteiger partial charge in [0.1, 0.15) is 0 Å². The highest BCUT2D eigenvalue weighted by Crippen LogP contribution is 2.33. The van der Waals surface area contributed by atoms with Crippen molar-refractivity contribution >= 4 is 29.2 Å². The highest BCUT2D eigenvalue weighted by molar-refractivity contribution is 7.99. The predicted octanol–water partition coefficient (Wildman–Crippen LogP) is 3.91. The number of benzene rings is 2. The fourth-order valence-electron chi connectivity index (χ4n) is 2.77. The Labute approximate surface area is 161 Å². The van der Waals surface area contributed by atoms with Crippen LogP contribution in [0.1, 0.15) is 10.5 Å². The van der Waals surface area contributed by atoms with E-state index in [0.29, 0.717) is 19.1 Å². The number of nitrogens with one attached hydrogen (secondary N) is 1. The third-order valence-corrected chi connectivity index (χ3v) is 5.24. The maximum atomic E-state index is 12.6. The number of morpholine rings is 1. The first-order chi connectivity index (χ1) is 13.3. The first-order valence-corrected chi connectivity index (χ1v) is 9.54. The summed E-state index contributed by atoms with van der Waals surface area (Å²) in [6.45, 7) is 2.75. The minimum absolute atomic E-state index is 0.260. The average Bonchev–Trinajstić information content (AvgIpc) is 3.21. The molecule has 0 bridgehead atoms. The molecule has 7 heteroatoms. The van der Waals surface area contributed by atoms with Gasteiger partial charge in [0.05, 0.1) is 18.9 Å². The number of carbonyl (C=O) groups excluding carboxylic acids is 1. The topological polar surface area (TPSA) is 67.6 Å². The maximum absolute atomic E-state index is 12.6. The molecule has 138 valence electrons. The number of nitrogens with zero attached hydrogens (tertiary/aromatic N) is 2. The van der Waals surface area contributed by atoms with Gasteiger partial charge < -0.3 is 19.5 Å². The molecule has 3 aromatic rings. The number of para-hydroxylation sites is 1. The van der Waals surface area contributed by atoms with Crippen LogP contribution in [0, 0.1) is 0 Å². The van der Waals surface area contributed by atoms with Crippen LogP contribution in [0.5, 0.6) is 0 Å². The van der Waals surface area contributed by atoms with Crippen LogP contribution in [0.15, 0.2) is 75.0 Å². The molecule has 1 fully saturated rings. The van der Waals surface area contributed by atoms with E-state index in [2.05, 4.69) is 10.5 Å². The van der Waals surface area contributed by atoms with Crippen molar-refractivity contribution in [3.63, 3.8) is 0 Å². The molecule has 1 aliphatic heterocycles. The SMILES string of the molecule is O=C(Nc1ccccc1Sc1ccccc1)c1cc(N2CCOCC2)on1. The van der Waals surface area contributed by atoms with Crippen molar-refractivity contribution in [1.29, 1.82) is 0 Å². The molecule has 4 rings (SSSR count). The largest absolute Gasteiger partial charge is 0.378 e. The minimum Gasteiger partial charge on any atom is -0.378 e. The Kier molecular flexibility index (Phi) is 5.41. The van der Waals surface area contributed by atoms with Crippen LogP contribution in [0.3, 0.4) is 0 Å². The summed E-state index contributed by atoms with van der Waals surface area (Å²) in [4.78, 5) is 16.7. The number of anilines is 2. The van der Waals surface area contributed by atoms with Gasteiger partial charge in [-0.15, -0.1) is 0 Å². The van der Waals surface area contributed by atoms with E-state index in [0.717, 1.165) is 28.6 Å². The van der Waals surface area contributed by atoms with E-state index in [4.69, 9.17) is 9.26 Å². The normalized spacial score (nSPS) is 14.1. The molecular formula is C20H19N3O3S. The van der Waals surface area contributed by atoms with E-state index < -0.39 is 0 Å². The summed E-state index contributed by atoms with van der Waals surface area (Å²) in [5.74, 6) is 0.301. The van der Waals surface area contributed by atoms with Crippen LogP contribution >= 0.6 is 11.8 Å². The molecule has 1 aliphatic rings. The molecule has 2 aromatic carbocycles. The van der Waals surface area contributed by atoms with Crippen molar-refractivity contribution in [3.05, 3.63) is 66.4 Å². The number of hydrogen-bond acceptors (Lipinski definition) is 6. The Morgan fingerprint density at radius 2 is 1.78 bits per heavy atom. The molecule has 1 saturated heterocycles. The van der Waals surface area contributed by atoms with Crippen LogP contribution in [0.25, 0.3) is 0 Å². The quantitative estimate of drug-likeness (QED) is 0.723. The second-order valence-electron chi connectivity index (χ2n) is 6.02. The molecule has 0 radical (unpaired) electrons. The van der Waals surface area contributed by atoms with Gasteiger partial charge in [-0.3, -0.25) is 4.79 Å². The van der Waals surface area contributed by atoms with Crippen LogP contribution in [0.2, 0.25) is 0 Å². The van der Waals surface area contributed by atoms with E-state index in [9.17, 15) is 4.79 Å². The lowest BCUT2D eigenvalue weighted by atomic mass is 10.3. The Hall–Kier alpha value is -2.77. The van der Waals surface area contributed by atoms with Crippen molar-refractivity contribution in [3.8, 4) is 0 Å². The van der Waals surface area contributed by atoms with Gasteiger partial charge in [-0.1, -0.05) is 47.3 Å². The summed E-state index contributed by atoms with van der Waals surface area (Å²) >= 11 is 1.60. The summed E-state index contributed by atoms with van der Waals surface area (Å²) in [7, 11) is 0. The summed E-state index contributed by atoms with van der Waals surface area (Å²) in [6.07, 6.45) is 0. The third kappa shape index (κ3) is 4.32. The standard InChI is InChI=1S/C20H19N3O3S/c24-20(17-14-19(26-22-17)23-10-12-25-13-11-23)21-16-8-4-5-9-18(16)27-15-6-2-1-3-7-15/h1-9,14H,10-13H2,(H,21,24). The molecule has 0 aliphatic carbocycles. The van der Waals surface area contributed by atoms with Crippen LogP contribution in [-0.2, 0) is 4.74 Å². The van der Waals surface area contributed by atoms with E-state index in [1.54, 1.807) is 17.8 Å². The summed E-state index contributed by atoms with van der Waals surface area (Å²) in [6, 6.07) is 19.4. The van der Waals surface area contributed by atoms with Crippen molar-refractivity contribution < 1.29 is 14.1 Å². The van der Waals surface area contributed by atoms with E-state index in [1.165, 1.54) is 0 Å². The Balaban J connectivity index is 1.48. The second-order valence-corrected chi connectivity index (χ2v) is 7.13. The number of ether oxygens (including phenoxy) is 1. The zero-order valence-electron chi connectivity index (χ0n) is 14.6. The summed E-state index contributed by atoms with van der Waals surface area (Å²) in [5, 5.41) is 6.86. The molecule has 0 atom stereocenters. The van der Waals surface area contributed by atoms with Crippen molar-refractivity contribution in [2.75, 3.05) is 36.5 Å². The van der Waals surface area contributed by atoms with Crippen molar-refractivity contribution in [1.82, 2.24) is 5.16 Å². The maximum Gasteiger partial charge on any atom is 0.277 e. The van der Waals surface area contributed by atoms with Crippen molar-refractivity contribution in [2.45, 2.75) is 9.79 Å². The zero-order chi connectivity index (χ0) is 18.5. The fraction of sp³-hybridized carbons (Fsp3) is 0.200. The molecule has 0 unspecified atom stereocenters. The van der Waals surface area contributed by atoms with Gasteiger partial charge in [0.25, 0.3) is 5.91 Å². The smallest absolute Gasteiger partial charge is 0.277 e. The zero-order valence-corrected chi connectivity index (χ0v) is 15.4. The van der Waals surface area contributed by atoms with Crippen molar-refractivity contribution in [2.24, 2.45) is 0 Å². The fourth-order valence-corrected chi connectivity index (χ4v) is 3.69. The van der Waals surface area contributed by atoms with Crippen LogP contribution < -0.4 is 10.2 Å². The third-order valence-electron chi connectivity index (χ3n) is 4.16. The molecule has 0 saturated carbocycles. The predicted molar refractivity (Wildman–Crippen MR) is 104 cm³/mol. The van der Waals surface area contributed by atoms with E-state index in [-0.39, 0.29) is 11.6 Å². The first kappa shape index (κ1) is 17.6. The first-order valence-electron chi connectivity index (χ1n) is 8.72. The number of aromatic nitrogens is 1. The molecule has 1 amide bonds. The molecule has 1 N–H and O–H groups in total. The lowest BCUT2D eigenvalue weighted by Crippen LogP contribution is -2.35. The Morgan fingerprint density at radius 3 is 2.59 bits per heavy atom. The molecule has 1 aromatic heterocycles. The van der Waals surface area contributed by atoms with Gasteiger partial charge in [0, 0.05) is 28.9 Å².